The number of hydrogen-bond acceptors (Lipinski definition) is 6. The first kappa shape index (κ1) is 28.9. The number of halogens is 2. The van der Waals surface area contributed by atoms with Gasteiger partial charge in [0, 0.05) is 68.0 Å². The van der Waals surface area contributed by atoms with Crippen LogP contribution in [0.15, 0.2) is 54.7 Å². The van der Waals surface area contributed by atoms with Crippen molar-refractivity contribution < 1.29 is 14.5 Å². The van der Waals surface area contributed by atoms with E-state index in [-0.39, 0.29) is 11.6 Å². The number of benzene rings is 2. The number of alkyl halides is 2. The van der Waals surface area contributed by atoms with Gasteiger partial charge in [0.1, 0.15) is 0 Å². The van der Waals surface area contributed by atoms with Crippen molar-refractivity contribution in [3.05, 3.63) is 70.4 Å². The van der Waals surface area contributed by atoms with E-state index in [2.05, 4.69) is 20.2 Å². The Balaban J connectivity index is 1.33. The fourth-order valence-electron chi connectivity index (χ4n) is 4.38. The van der Waals surface area contributed by atoms with Crippen molar-refractivity contribution in [2.45, 2.75) is 6.42 Å². The summed E-state index contributed by atoms with van der Waals surface area (Å²) in [6.07, 6.45) is 2.75. The topological polar surface area (TPSA) is 129 Å². The molecule has 0 saturated heterocycles. The third-order valence-corrected chi connectivity index (χ3v) is 6.77. The summed E-state index contributed by atoms with van der Waals surface area (Å²) in [6.45, 7) is 2.16. The highest BCUT2D eigenvalue weighted by molar-refractivity contribution is 6.18. The van der Waals surface area contributed by atoms with E-state index >= 15 is 0 Å². The van der Waals surface area contributed by atoms with Crippen molar-refractivity contribution >= 4 is 63.6 Å². The Labute approximate surface area is 240 Å². The highest BCUT2D eigenvalue weighted by atomic mass is 35.5. The van der Waals surface area contributed by atoms with E-state index in [1.54, 1.807) is 34.7 Å². The van der Waals surface area contributed by atoms with Gasteiger partial charge in [-0.1, -0.05) is 0 Å². The van der Waals surface area contributed by atoms with Crippen LogP contribution in [-0.4, -0.2) is 69.7 Å². The minimum atomic E-state index is -0.458. The summed E-state index contributed by atoms with van der Waals surface area (Å²) < 4.78 is 1.62. The average molecular weight is 586 g/mol. The molecule has 210 valence electrons. The molecule has 11 nitrogen and oxygen atoms in total. The normalized spacial score (nSPS) is 11.0. The lowest BCUT2D eigenvalue weighted by atomic mass is 10.2. The molecule has 0 saturated carbocycles. The molecule has 4 rings (SSSR count). The van der Waals surface area contributed by atoms with Gasteiger partial charge in [0.15, 0.2) is 5.82 Å². The molecule has 0 bridgehead atoms. The number of aromatic amines is 1. The molecule has 0 fully saturated rings. The third-order valence-electron chi connectivity index (χ3n) is 6.43. The number of carbonyl (C=O) groups is 2. The van der Waals surface area contributed by atoms with E-state index < -0.39 is 4.92 Å². The number of nitrogens with one attached hydrogen (secondary N) is 2. The number of imidazole rings is 1. The average Bonchev–Trinajstić information content (AvgIpc) is 3.56. The molecule has 2 amide bonds. The first-order chi connectivity index (χ1) is 19.3. The minimum Gasteiger partial charge on any atom is -0.369 e. The van der Waals surface area contributed by atoms with Crippen LogP contribution in [0.1, 0.15) is 16.8 Å². The van der Waals surface area contributed by atoms with E-state index in [4.69, 9.17) is 23.2 Å². The SMILES string of the molecule is Cn1cc([N+](=O)[O-])cc1-c1nc2ccc(C(=O)NCCCN(C=O)c3ccc(N(CCCl)CCCl)cc3)cc2[nH]1. The summed E-state index contributed by atoms with van der Waals surface area (Å²) in [4.78, 5) is 46.4. The third kappa shape index (κ3) is 6.72. The van der Waals surface area contributed by atoms with Crippen molar-refractivity contribution in [2.75, 3.05) is 47.7 Å². The van der Waals surface area contributed by atoms with Crippen LogP contribution in [0.25, 0.3) is 22.6 Å². The van der Waals surface area contributed by atoms with Gasteiger partial charge in [0.05, 0.1) is 27.8 Å². The van der Waals surface area contributed by atoms with Crippen molar-refractivity contribution in [1.82, 2.24) is 19.9 Å². The van der Waals surface area contributed by atoms with E-state index in [0.717, 1.165) is 17.8 Å². The van der Waals surface area contributed by atoms with Gasteiger partial charge in [-0.2, -0.15) is 0 Å². The lowest BCUT2D eigenvalue weighted by molar-refractivity contribution is -0.384. The second-order valence-corrected chi connectivity index (χ2v) is 9.81. The Morgan fingerprint density at radius 3 is 2.42 bits per heavy atom. The number of nitro groups is 1. The van der Waals surface area contributed by atoms with Crippen molar-refractivity contribution in [3.63, 3.8) is 0 Å². The Morgan fingerprint density at radius 1 is 1.10 bits per heavy atom. The standard InChI is InChI=1S/C27H29Cl2N7O4/c1-33-17-22(36(39)40)16-25(33)26-31-23-8-3-19(15-24(23)32-26)27(38)30-11-2-12-35(18-37)21-6-4-20(5-7-21)34(13-9-28)14-10-29/h3-8,15-18H,2,9-14H2,1H3,(H,30,38)(H,31,32). The molecule has 40 heavy (non-hydrogen) atoms. The smallest absolute Gasteiger partial charge is 0.287 e. The zero-order chi connectivity index (χ0) is 28.6. The molecule has 2 aromatic carbocycles. The molecule has 0 spiro atoms. The molecule has 13 heteroatoms. The predicted octanol–water partition coefficient (Wildman–Crippen LogP) is 4.54. The molecular weight excluding hydrogens is 557 g/mol. The summed E-state index contributed by atoms with van der Waals surface area (Å²) in [6, 6.07) is 14.1. The molecule has 0 aliphatic heterocycles. The van der Waals surface area contributed by atoms with Crippen LogP contribution in [0.4, 0.5) is 17.1 Å². The van der Waals surface area contributed by atoms with Crippen molar-refractivity contribution in [2.24, 2.45) is 7.05 Å². The maximum Gasteiger partial charge on any atom is 0.287 e. The molecular formula is C27H29Cl2N7O4. The predicted molar refractivity (Wildman–Crippen MR) is 158 cm³/mol. The van der Waals surface area contributed by atoms with Crippen LogP contribution in [0.3, 0.4) is 0 Å². The molecule has 0 unspecified atom stereocenters. The van der Waals surface area contributed by atoms with Gasteiger partial charge >= 0.3 is 0 Å². The molecule has 0 aliphatic rings. The quantitative estimate of drug-likeness (QED) is 0.0734. The number of hydrogen-bond donors (Lipinski definition) is 2. The summed E-state index contributed by atoms with van der Waals surface area (Å²) >= 11 is 11.8. The Bertz CT molecular complexity index is 1480. The first-order valence-electron chi connectivity index (χ1n) is 12.6. The van der Waals surface area contributed by atoms with E-state index in [1.807, 2.05) is 24.3 Å². The second kappa shape index (κ2) is 13.3. The highest BCUT2D eigenvalue weighted by Crippen LogP contribution is 2.26. The summed E-state index contributed by atoms with van der Waals surface area (Å²) in [5, 5.41) is 14.0. The van der Waals surface area contributed by atoms with Gasteiger partial charge in [-0.3, -0.25) is 19.7 Å². The second-order valence-electron chi connectivity index (χ2n) is 9.06. The zero-order valence-electron chi connectivity index (χ0n) is 21.8. The molecule has 0 radical (unpaired) electrons. The van der Waals surface area contributed by atoms with Crippen molar-refractivity contribution in [1.29, 1.82) is 0 Å². The number of nitrogens with zero attached hydrogens (tertiary/aromatic N) is 5. The monoisotopic (exact) mass is 585 g/mol. The van der Waals surface area contributed by atoms with Gasteiger partial charge in [0.25, 0.3) is 11.6 Å². The Morgan fingerprint density at radius 2 is 1.80 bits per heavy atom. The zero-order valence-corrected chi connectivity index (χ0v) is 23.4. The van der Waals surface area contributed by atoms with E-state index in [9.17, 15) is 19.7 Å². The van der Waals surface area contributed by atoms with Crippen LogP contribution in [0.5, 0.6) is 0 Å². The van der Waals surface area contributed by atoms with E-state index in [0.29, 0.717) is 72.5 Å². The lowest BCUT2D eigenvalue weighted by Gasteiger charge is -2.24. The van der Waals surface area contributed by atoms with Crippen molar-refractivity contribution in [3.8, 4) is 11.5 Å². The summed E-state index contributed by atoms with van der Waals surface area (Å²) in [5.74, 6) is 1.19. The molecule has 2 N–H and O–H groups in total. The van der Waals surface area contributed by atoms with Crippen LogP contribution in [0, 0.1) is 10.1 Å². The van der Waals surface area contributed by atoms with Gasteiger partial charge in [-0.15, -0.1) is 23.2 Å². The number of rotatable bonds is 14. The first-order valence-corrected chi connectivity index (χ1v) is 13.7. The fraction of sp³-hybridized carbons (Fsp3) is 0.296. The number of aryl methyl sites for hydroxylation is 1. The van der Waals surface area contributed by atoms with Crippen LogP contribution in [0.2, 0.25) is 0 Å². The molecule has 4 aromatic rings. The lowest BCUT2D eigenvalue weighted by Crippen LogP contribution is -2.29. The van der Waals surface area contributed by atoms with Crippen LogP contribution < -0.4 is 15.1 Å². The molecule has 2 aromatic heterocycles. The largest absolute Gasteiger partial charge is 0.369 e. The maximum atomic E-state index is 12.8. The number of fused-ring (bicyclic) bond motifs is 1. The van der Waals surface area contributed by atoms with E-state index in [1.165, 1.54) is 12.3 Å². The van der Waals surface area contributed by atoms with Gasteiger partial charge in [0.2, 0.25) is 6.41 Å². The Kier molecular flexibility index (Phi) is 9.62. The van der Waals surface area contributed by atoms with Crippen LogP contribution >= 0.6 is 23.2 Å². The maximum absolute atomic E-state index is 12.8. The van der Waals surface area contributed by atoms with Gasteiger partial charge in [-0.05, 0) is 48.9 Å². The number of carbonyl (C=O) groups excluding carboxylic acids is 2. The number of anilines is 2. The van der Waals surface area contributed by atoms with Crippen LogP contribution in [-0.2, 0) is 11.8 Å². The minimum absolute atomic E-state index is 0.0284. The number of aromatic nitrogens is 3. The number of H-pyrrole nitrogens is 1. The highest BCUT2D eigenvalue weighted by Gasteiger charge is 2.17. The fourth-order valence-corrected chi connectivity index (χ4v) is 4.79. The number of amides is 2. The molecule has 0 aliphatic carbocycles. The molecule has 2 heterocycles. The summed E-state index contributed by atoms with van der Waals surface area (Å²) in [7, 11) is 1.70. The molecule has 0 atom stereocenters. The Hall–Kier alpha value is -4.09. The van der Waals surface area contributed by atoms with Gasteiger partial charge < -0.3 is 24.7 Å². The summed E-state index contributed by atoms with van der Waals surface area (Å²) in [5.41, 5.74) is 3.99. The van der Waals surface area contributed by atoms with Gasteiger partial charge in [-0.25, -0.2) is 4.98 Å².